The number of hydrogen-bond acceptors (Lipinski definition) is 6. The molecular formula is C17H20N2O5. The second kappa shape index (κ2) is 7.76. The van der Waals surface area contributed by atoms with Crippen molar-refractivity contribution in [1.29, 1.82) is 0 Å². The van der Waals surface area contributed by atoms with Gasteiger partial charge in [-0.1, -0.05) is 30.3 Å². The molecule has 0 aliphatic rings. The Balaban J connectivity index is 2.36. The molecule has 2 aromatic carbocycles. The van der Waals surface area contributed by atoms with E-state index in [0.29, 0.717) is 5.75 Å². The molecule has 0 fully saturated rings. The van der Waals surface area contributed by atoms with E-state index in [-0.39, 0.29) is 23.4 Å². The summed E-state index contributed by atoms with van der Waals surface area (Å²) >= 11 is 0. The van der Waals surface area contributed by atoms with E-state index < -0.39 is 17.1 Å². The van der Waals surface area contributed by atoms with Gasteiger partial charge in [0.2, 0.25) is 0 Å². The highest BCUT2D eigenvalue weighted by atomic mass is 16.6. The van der Waals surface area contributed by atoms with Gasteiger partial charge in [-0.15, -0.1) is 0 Å². The fourth-order valence-electron chi connectivity index (χ4n) is 2.50. The summed E-state index contributed by atoms with van der Waals surface area (Å²) in [5.41, 5.74) is 6.96. The molecule has 24 heavy (non-hydrogen) atoms. The lowest BCUT2D eigenvalue weighted by Gasteiger charge is -2.20. The molecule has 0 aromatic heterocycles. The van der Waals surface area contributed by atoms with Gasteiger partial charge < -0.3 is 20.3 Å². The molecule has 128 valence electrons. The topological polar surface area (TPSA) is 108 Å². The fourth-order valence-corrected chi connectivity index (χ4v) is 2.50. The quantitative estimate of drug-likeness (QED) is 0.594. The third-order valence-corrected chi connectivity index (χ3v) is 3.79. The molecule has 0 saturated heterocycles. The average molecular weight is 332 g/mol. The average Bonchev–Trinajstić information content (AvgIpc) is 2.60. The summed E-state index contributed by atoms with van der Waals surface area (Å²) in [6, 6.07) is 11.1. The molecule has 7 nitrogen and oxygen atoms in total. The number of aliphatic hydroxyl groups is 1. The zero-order chi connectivity index (χ0) is 17.7. The highest BCUT2D eigenvalue weighted by Gasteiger charge is 2.28. The molecular weight excluding hydrogens is 312 g/mol. The minimum absolute atomic E-state index is 0.195. The molecule has 0 aliphatic heterocycles. The Morgan fingerprint density at radius 1 is 1.17 bits per heavy atom. The highest BCUT2D eigenvalue weighted by molar-refractivity contribution is 5.55. The summed E-state index contributed by atoms with van der Waals surface area (Å²) in [5, 5.41) is 21.7. The van der Waals surface area contributed by atoms with E-state index in [1.807, 2.05) is 30.3 Å². The zero-order valence-corrected chi connectivity index (χ0v) is 13.5. The van der Waals surface area contributed by atoms with Gasteiger partial charge in [-0.2, -0.15) is 0 Å². The summed E-state index contributed by atoms with van der Waals surface area (Å²) in [7, 11) is 2.82. The van der Waals surface area contributed by atoms with Crippen molar-refractivity contribution in [2.75, 3.05) is 14.2 Å². The molecule has 2 aromatic rings. The molecule has 7 heteroatoms. The van der Waals surface area contributed by atoms with Crippen molar-refractivity contribution in [3.8, 4) is 11.5 Å². The van der Waals surface area contributed by atoms with Crippen LogP contribution in [-0.2, 0) is 6.42 Å². The summed E-state index contributed by atoms with van der Waals surface area (Å²) in [6.45, 7) is 0. The summed E-state index contributed by atoms with van der Waals surface area (Å²) in [4.78, 5) is 10.8. The molecule has 0 heterocycles. The van der Waals surface area contributed by atoms with Crippen LogP contribution in [0.5, 0.6) is 11.5 Å². The van der Waals surface area contributed by atoms with Crippen molar-refractivity contribution < 1.29 is 19.5 Å². The standard InChI is InChI=1S/C17H20N2O5/c1-23-15-9-12(13(19(21)22)10-16(15)24-2)17(18)14(20)8-11-6-4-3-5-7-11/h3-7,9-10,14,17,20H,8,18H2,1-2H3/t14-,17+/m0/s1. The molecule has 0 bridgehead atoms. The van der Waals surface area contributed by atoms with Gasteiger partial charge in [-0.3, -0.25) is 10.1 Å². The van der Waals surface area contributed by atoms with Crippen molar-refractivity contribution in [3.63, 3.8) is 0 Å². The summed E-state index contributed by atoms with van der Waals surface area (Å²) in [5.74, 6) is 0.554. The van der Waals surface area contributed by atoms with Crippen molar-refractivity contribution in [2.24, 2.45) is 5.73 Å². The van der Waals surface area contributed by atoms with Crippen LogP contribution in [0.4, 0.5) is 5.69 Å². The van der Waals surface area contributed by atoms with Crippen molar-refractivity contribution in [1.82, 2.24) is 0 Å². The molecule has 0 spiro atoms. The molecule has 0 radical (unpaired) electrons. The molecule has 0 saturated carbocycles. The first kappa shape index (κ1) is 17.7. The minimum atomic E-state index is -0.982. The van der Waals surface area contributed by atoms with E-state index in [9.17, 15) is 15.2 Å². The van der Waals surface area contributed by atoms with E-state index >= 15 is 0 Å². The SMILES string of the molecule is COc1cc([C@@H](N)[C@@H](O)Cc2ccccc2)c([N+](=O)[O-])cc1OC. The lowest BCUT2D eigenvalue weighted by atomic mass is 9.95. The van der Waals surface area contributed by atoms with Gasteiger partial charge in [0, 0.05) is 6.42 Å². The van der Waals surface area contributed by atoms with E-state index in [0.717, 1.165) is 5.56 Å². The Morgan fingerprint density at radius 2 is 1.75 bits per heavy atom. The number of nitrogens with zero attached hydrogens (tertiary/aromatic N) is 1. The van der Waals surface area contributed by atoms with Crippen LogP contribution in [0.2, 0.25) is 0 Å². The van der Waals surface area contributed by atoms with Crippen LogP contribution in [0, 0.1) is 10.1 Å². The normalized spacial score (nSPS) is 13.2. The van der Waals surface area contributed by atoms with Crippen LogP contribution in [0.25, 0.3) is 0 Å². The number of benzene rings is 2. The third-order valence-electron chi connectivity index (χ3n) is 3.79. The molecule has 2 rings (SSSR count). The van der Waals surface area contributed by atoms with Crippen molar-refractivity contribution in [2.45, 2.75) is 18.6 Å². The van der Waals surface area contributed by atoms with Crippen LogP contribution in [0.1, 0.15) is 17.2 Å². The van der Waals surface area contributed by atoms with Gasteiger partial charge in [-0.25, -0.2) is 0 Å². The van der Waals surface area contributed by atoms with Gasteiger partial charge in [0.25, 0.3) is 5.69 Å². The maximum atomic E-state index is 11.3. The minimum Gasteiger partial charge on any atom is -0.493 e. The van der Waals surface area contributed by atoms with E-state index in [1.54, 1.807) is 0 Å². The number of nitro groups is 1. The molecule has 3 N–H and O–H groups in total. The van der Waals surface area contributed by atoms with Crippen molar-refractivity contribution in [3.05, 3.63) is 63.7 Å². The van der Waals surface area contributed by atoms with Crippen LogP contribution < -0.4 is 15.2 Å². The highest BCUT2D eigenvalue weighted by Crippen LogP contribution is 2.37. The first-order valence-corrected chi connectivity index (χ1v) is 7.35. The van der Waals surface area contributed by atoms with Gasteiger partial charge in [0.05, 0.1) is 42.9 Å². The monoisotopic (exact) mass is 332 g/mol. The zero-order valence-electron chi connectivity index (χ0n) is 13.5. The lowest BCUT2D eigenvalue weighted by molar-refractivity contribution is -0.385. The number of ether oxygens (including phenoxy) is 2. The third kappa shape index (κ3) is 3.81. The fraction of sp³-hybridized carbons (Fsp3) is 0.294. The van der Waals surface area contributed by atoms with E-state index in [1.165, 1.54) is 26.4 Å². The lowest BCUT2D eigenvalue weighted by Crippen LogP contribution is -2.28. The smallest absolute Gasteiger partial charge is 0.278 e. The maximum absolute atomic E-state index is 11.3. The van der Waals surface area contributed by atoms with Gasteiger partial charge in [0.15, 0.2) is 11.5 Å². The number of hydrogen-bond donors (Lipinski definition) is 2. The number of nitrogens with two attached hydrogens (primary N) is 1. The number of methoxy groups -OCH3 is 2. The Bertz CT molecular complexity index is 706. The van der Waals surface area contributed by atoms with E-state index in [4.69, 9.17) is 15.2 Å². The predicted octanol–water partition coefficient (Wildman–Crippen LogP) is 2.22. The maximum Gasteiger partial charge on any atom is 0.278 e. The van der Waals surface area contributed by atoms with Crippen LogP contribution in [-0.4, -0.2) is 30.4 Å². The summed E-state index contributed by atoms with van der Waals surface area (Å²) < 4.78 is 10.3. The van der Waals surface area contributed by atoms with Gasteiger partial charge in [-0.05, 0) is 11.6 Å². The van der Waals surface area contributed by atoms with Gasteiger partial charge >= 0.3 is 0 Å². The molecule has 0 unspecified atom stereocenters. The second-order valence-electron chi connectivity index (χ2n) is 5.31. The Hall–Kier alpha value is -2.64. The number of nitro benzene ring substituents is 1. The molecule has 0 amide bonds. The summed E-state index contributed by atoms with van der Waals surface area (Å²) in [6.07, 6.45) is -0.697. The first-order valence-electron chi connectivity index (χ1n) is 7.35. The molecule has 2 atom stereocenters. The Morgan fingerprint density at radius 3 is 2.29 bits per heavy atom. The van der Waals surface area contributed by atoms with Gasteiger partial charge in [0.1, 0.15) is 0 Å². The van der Waals surface area contributed by atoms with Crippen LogP contribution in [0.3, 0.4) is 0 Å². The van der Waals surface area contributed by atoms with Crippen molar-refractivity contribution >= 4 is 5.69 Å². The largest absolute Gasteiger partial charge is 0.493 e. The number of aliphatic hydroxyl groups excluding tert-OH is 1. The predicted molar refractivity (Wildman–Crippen MR) is 89.3 cm³/mol. The Labute approximate surface area is 139 Å². The van der Waals surface area contributed by atoms with E-state index in [2.05, 4.69) is 0 Å². The Kier molecular flexibility index (Phi) is 5.73. The second-order valence-corrected chi connectivity index (χ2v) is 5.31. The van der Waals surface area contributed by atoms with Crippen LogP contribution >= 0.6 is 0 Å². The van der Waals surface area contributed by atoms with Crippen LogP contribution in [0.15, 0.2) is 42.5 Å². The molecule has 0 aliphatic carbocycles. The number of rotatable bonds is 7. The first-order chi connectivity index (χ1) is 11.5.